The monoisotopic (exact) mass is 225 g/mol. The Balaban J connectivity index is 2.71. The molecule has 1 atom stereocenters. The van der Waals surface area contributed by atoms with Crippen LogP contribution in [0.2, 0.25) is 0 Å². The highest BCUT2D eigenvalue weighted by molar-refractivity contribution is 5.76. The summed E-state index contributed by atoms with van der Waals surface area (Å²) < 4.78 is 1.89. The van der Waals surface area contributed by atoms with Gasteiger partial charge in [0, 0.05) is 18.9 Å². The molecule has 0 spiro atoms. The number of nitrogens with one attached hydrogen (secondary N) is 1. The van der Waals surface area contributed by atoms with Crippen LogP contribution in [0.5, 0.6) is 0 Å². The van der Waals surface area contributed by atoms with Gasteiger partial charge in [-0.15, -0.1) is 0 Å². The SMILES string of the molecule is CCn1ccnc1NC(CC(C)C)C(=O)O. The number of carboxylic acids is 1. The third kappa shape index (κ3) is 3.25. The number of hydrogen-bond acceptors (Lipinski definition) is 3. The lowest BCUT2D eigenvalue weighted by Gasteiger charge is -2.17. The van der Waals surface area contributed by atoms with Crippen LogP contribution in [0.1, 0.15) is 27.2 Å². The smallest absolute Gasteiger partial charge is 0.326 e. The molecule has 0 saturated carbocycles. The first kappa shape index (κ1) is 12.5. The van der Waals surface area contributed by atoms with Gasteiger partial charge in [-0.1, -0.05) is 13.8 Å². The van der Waals surface area contributed by atoms with E-state index in [2.05, 4.69) is 10.3 Å². The molecule has 1 heterocycles. The van der Waals surface area contributed by atoms with E-state index in [0.717, 1.165) is 6.54 Å². The number of aryl methyl sites for hydroxylation is 1. The number of nitrogens with zero attached hydrogens (tertiary/aromatic N) is 2. The lowest BCUT2D eigenvalue weighted by atomic mass is 10.0. The average Bonchev–Trinajstić information content (AvgIpc) is 2.63. The molecule has 5 heteroatoms. The second-order valence-electron chi connectivity index (χ2n) is 4.20. The maximum absolute atomic E-state index is 11.1. The van der Waals surface area contributed by atoms with E-state index in [0.29, 0.717) is 18.3 Å². The van der Waals surface area contributed by atoms with Crippen molar-refractivity contribution in [3.8, 4) is 0 Å². The van der Waals surface area contributed by atoms with Gasteiger partial charge in [-0.25, -0.2) is 9.78 Å². The molecule has 0 radical (unpaired) electrons. The molecule has 0 aromatic carbocycles. The Kier molecular flexibility index (Phi) is 4.34. The van der Waals surface area contributed by atoms with Crippen molar-refractivity contribution in [2.75, 3.05) is 5.32 Å². The maximum Gasteiger partial charge on any atom is 0.326 e. The number of aromatic nitrogens is 2. The Bertz CT molecular complexity index is 347. The molecule has 5 nitrogen and oxygen atoms in total. The van der Waals surface area contributed by atoms with Crippen LogP contribution in [0.15, 0.2) is 12.4 Å². The topological polar surface area (TPSA) is 67.2 Å². The van der Waals surface area contributed by atoms with Gasteiger partial charge in [-0.3, -0.25) is 0 Å². The maximum atomic E-state index is 11.1. The average molecular weight is 225 g/mol. The summed E-state index contributed by atoms with van der Waals surface area (Å²) in [5.41, 5.74) is 0. The third-order valence-electron chi connectivity index (χ3n) is 2.36. The molecule has 0 aliphatic carbocycles. The van der Waals surface area contributed by atoms with Gasteiger partial charge in [0.1, 0.15) is 6.04 Å². The molecule has 1 aromatic rings. The summed E-state index contributed by atoms with van der Waals surface area (Å²) >= 11 is 0. The highest BCUT2D eigenvalue weighted by Gasteiger charge is 2.20. The number of hydrogen-bond donors (Lipinski definition) is 2. The normalized spacial score (nSPS) is 12.8. The van der Waals surface area contributed by atoms with Crippen molar-refractivity contribution in [3.63, 3.8) is 0 Å². The molecule has 2 N–H and O–H groups in total. The minimum atomic E-state index is -0.834. The molecule has 1 unspecified atom stereocenters. The lowest BCUT2D eigenvalue weighted by Crippen LogP contribution is -2.31. The fraction of sp³-hybridized carbons (Fsp3) is 0.636. The molecule has 0 aliphatic rings. The van der Waals surface area contributed by atoms with Crippen molar-refractivity contribution in [1.29, 1.82) is 0 Å². The Hall–Kier alpha value is -1.52. The van der Waals surface area contributed by atoms with Crippen LogP contribution >= 0.6 is 0 Å². The Labute approximate surface area is 95.5 Å². The van der Waals surface area contributed by atoms with E-state index >= 15 is 0 Å². The summed E-state index contributed by atoms with van der Waals surface area (Å²) in [7, 11) is 0. The number of anilines is 1. The first-order valence-corrected chi connectivity index (χ1v) is 5.55. The van der Waals surface area contributed by atoms with Crippen molar-refractivity contribution < 1.29 is 9.90 Å². The molecule has 1 aromatic heterocycles. The van der Waals surface area contributed by atoms with E-state index < -0.39 is 12.0 Å². The van der Waals surface area contributed by atoms with E-state index in [1.54, 1.807) is 6.20 Å². The quantitative estimate of drug-likeness (QED) is 0.775. The van der Waals surface area contributed by atoms with Crippen LogP contribution in [0, 0.1) is 5.92 Å². The molecule has 0 fully saturated rings. The zero-order valence-corrected chi connectivity index (χ0v) is 9.97. The number of carboxylic acid groups (broad SMARTS) is 1. The van der Waals surface area contributed by atoms with Gasteiger partial charge in [0.05, 0.1) is 0 Å². The Morgan fingerprint density at radius 2 is 2.31 bits per heavy atom. The standard InChI is InChI=1S/C11H19N3O2/c1-4-14-6-5-12-11(14)13-9(10(15)16)7-8(2)3/h5-6,8-9H,4,7H2,1-3H3,(H,12,13)(H,15,16). The molecule has 90 valence electrons. The first-order chi connectivity index (χ1) is 7.54. The Morgan fingerprint density at radius 1 is 1.62 bits per heavy atom. The van der Waals surface area contributed by atoms with Crippen LogP contribution in [-0.4, -0.2) is 26.7 Å². The fourth-order valence-corrected chi connectivity index (χ4v) is 1.55. The second kappa shape index (κ2) is 5.53. The van der Waals surface area contributed by atoms with Gasteiger partial charge in [0.25, 0.3) is 0 Å². The van der Waals surface area contributed by atoms with Crippen LogP contribution in [0.4, 0.5) is 5.95 Å². The van der Waals surface area contributed by atoms with Crippen LogP contribution in [0.25, 0.3) is 0 Å². The lowest BCUT2D eigenvalue weighted by molar-refractivity contribution is -0.138. The molecular weight excluding hydrogens is 206 g/mol. The summed E-state index contributed by atoms with van der Waals surface area (Å²) in [6.07, 6.45) is 4.09. The molecule has 0 amide bonds. The van der Waals surface area contributed by atoms with Crippen LogP contribution in [0.3, 0.4) is 0 Å². The van der Waals surface area contributed by atoms with Gasteiger partial charge >= 0.3 is 5.97 Å². The van der Waals surface area contributed by atoms with Crippen molar-refractivity contribution in [1.82, 2.24) is 9.55 Å². The molecule has 0 saturated heterocycles. The fourth-order valence-electron chi connectivity index (χ4n) is 1.55. The minimum absolute atomic E-state index is 0.332. The highest BCUT2D eigenvalue weighted by Crippen LogP contribution is 2.12. The summed E-state index contributed by atoms with van der Waals surface area (Å²) in [6.45, 7) is 6.77. The number of carbonyl (C=O) groups is 1. The van der Waals surface area contributed by atoms with Gasteiger partial charge in [0.2, 0.25) is 5.95 Å². The van der Waals surface area contributed by atoms with E-state index in [1.807, 2.05) is 31.5 Å². The summed E-state index contributed by atoms with van der Waals surface area (Å²) in [6, 6.07) is -0.576. The zero-order valence-electron chi connectivity index (χ0n) is 9.97. The number of aliphatic carboxylic acids is 1. The van der Waals surface area contributed by atoms with Gasteiger partial charge in [0.15, 0.2) is 0 Å². The number of imidazole rings is 1. The largest absolute Gasteiger partial charge is 0.480 e. The highest BCUT2D eigenvalue weighted by atomic mass is 16.4. The molecule has 0 aliphatic heterocycles. The van der Waals surface area contributed by atoms with Gasteiger partial charge in [-0.2, -0.15) is 0 Å². The Morgan fingerprint density at radius 3 is 2.81 bits per heavy atom. The van der Waals surface area contributed by atoms with Crippen molar-refractivity contribution >= 4 is 11.9 Å². The predicted molar refractivity (Wildman–Crippen MR) is 62.4 cm³/mol. The molecule has 0 bridgehead atoms. The summed E-state index contributed by atoms with van der Waals surface area (Å²) in [5.74, 6) is 0.119. The van der Waals surface area contributed by atoms with Gasteiger partial charge in [-0.05, 0) is 19.3 Å². The summed E-state index contributed by atoms with van der Waals surface area (Å²) in [4.78, 5) is 15.2. The summed E-state index contributed by atoms with van der Waals surface area (Å²) in [5, 5.41) is 12.0. The third-order valence-corrected chi connectivity index (χ3v) is 2.36. The van der Waals surface area contributed by atoms with Gasteiger partial charge < -0.3 is 15.0 Å². The van der Waals surface area contributed by atoms with E-state index in [-0.39, 0.29) is 0 Å². The second-order valence-corrected chi connectivity index (χ2v) is 4.20. The van der Waals surface area contributed by atoms with E-state index in [1.165, 1.54) is 0 Å². The molecule has 16 heavy (non-hydrogen) atoms. The van der Waals surface area contributed by atoms with Crippen LogP contribution in [-0.2, 0) is 11.3 Å². The van der Waals surface area contributed by atoms with Crippen molar-refractivity contribution in [3.05, 3.63) is 12.4 Å². The molecular formula is C11H19N3O2. The predicted octanol–water partition coefficient (Wildman–Crippen LogP) is 1.81. The zero-order chi connectivity index (χ0) is 12.1. The van der Waals surface area contributed by atoms with Crippen molar-refractivity contribution in [2.45, 2.75) is 39.8 Å². The van der Waals surface area contributed by atoms with Crippen LogP contribution < -0.4 is 5.32 Å². The van der Waals surface area contributed by atoms with E-state index in [4.69, 9.17) is 5.11 Å². The number of rotatable bonds is 6. The first-order valence-electron chi connectivity index (χ1n) is 5.55. The van der Waals surface area contributed by atoms with Crippen molar-refractivity contribution in [2.24, 2.45) is 5.92 Å². The minimum Gasteiger partial charge on any atom is -0.480 e. The molecule has 1 rings (SSSR count). The van der Waals surface area contributed by atoms with E-state index in [9.17, 15) is 4.79 Å².